The van der Waals surface area contributed by atoms with E-state index >= 15 is 4.39 Å². The number of carbonyl (C=O) groups excluding carboxylic acids is 1. The number of hydrogen-bond acceptors (Lipinski definition) is 7. The van der Waals surface area contributed by atoms with Gasteiger partial charge in [0.2, 0.25) is 0 Å². The van der Waals surface area contributed by atoms with Gasteiger partial charge in [0.05, 0.1) is 25.4 Å². The summed E-state index contributed by atoms with van der Waals surface area (Å²) in [7, 11) is 0. The molecule has 1 N–H and O–H groups in total. The molecular formula is C26H28F2N4O3. The molecule has 35 heavy (non-hydrogen) atoms. The summed E-state index contributed by atoms with van der Waals surface area (Å²) in [6.07, 6.45) is 2.55. The Morgan fingerprint density at radius 3 is 2.80 bits per heavy atom. The summed E-state index contributed by atoms with van der Waals surface area (Å²) in [4.78, 5) is 24.9. The van der Waals surface area contributed by atoms with Gasteiger partial charge in [-0.1, -0.05) is 6.07 Å². The van der Waals surface area contributed by atoms with Gasteiger partial charge >= 0.3 is 5.97 Å². The molecule has 3 aliphatic rings. The van der Waals surface area contributed by atoms with Crippen molar-refractivity contribution in [1.29, 1.82) is 0 Å². The van der Waals surface area contributed by atoms with Crippen LogP contribution in [-0.4, -0.2) is 61.1 Å². The maximum Gasteiger partial charge on any atom is 0.338 e. The zero-order chi connectivity index (χ0) is 24.6. The second-order valence-electron chi connectivity index (χ2n) is 9.05. The van der Waals surface area contributed by atoms with Crippen molar-refractivity contribution in [1.82, 2.24) is 15.2 Å². The summed E-state index contributed by atoms with van der Waals surface area (Å²) in [6, 6.07) is 5.94. The van der Waals surface area contributed by atoms with Gasteiger partial charge < -0.3 is 14.8 Å². The molecule has 1 fully saturated rings. The first-order valence-corrected chi connectivity index (χ1v) is 11.9. The van der Waals surface area contributed by atoms with E-state index in [4.69, 9.17) is 14.5 Å². The van der Waals surface area contributed by atoms with Crippen LogP contribution in [0.2, 0.25) is 0 Å². The van der Waals surface area contributed by atoms with Crippen molar-refractivity contribution in [2.75, 3.05) is 39.5 Å². The number of pyridine rings is 1. The van der Waals surface area contributed by atoms with Crippen LogP contribution in [-0.2, 0) is 26.2 Å². The molecule has 7 nitrogen and oxygen atoms in total. The van der Waals surface area contributed by atoms with Gasteiger partial charge in [0.15, 0.2) is 11.7 Å². The summed E-state index contributed by atoms with van der Waals surface area (Å²) in [5.41, 5.74) is 2.12. The minimum absolute atomic E-state index is 0.0768. The fourth-order valence-electron chi connectivity index (χ4n) is 5.15. The molecule has 0 saturated carbocycles. The third-order valence-corrected chi connectivity index (χ3v) is 6.72. The Morgan fingerprint density at radius 2 is 2.06 bits per heavy atom. The number of nitrogens with one attached hydrogen (secondary N) is 1. The largest absolute Gasteiger partial charge is 0.463 e. The lowest BCUT2D eigenvalue weighted by atomic mass is 9.81. The standard InChI is InChI=1S/C26H28F2N4O3/c1-3-35-25(33)22-21(15-32-8-10-34-11-9-32)30-24(23-20(28)12-16(2)14-29-23)31-26(22)7-6-17-13-18(27)4-5-19(17)26/h4-5,12-14H,3,6-11,15H2,1-2H3,(H,30,31). The molecule has 3 heterocycles. The molecule has 0 amide bonds. The van der Waals surface area contributed by atoms with Crippen molar-refractivity contribution < 1.29 is 23.0 Å². The van der Waals surface area contributed by atoms with Crippen LogP contribution >= 0.6 is 0 Å². The maximum atomic E-state index is 15.1. The number of carbonyl (C=O) groups is 1. The number of ether oxygens (including phenoxy) is 2. The van der Waals surface area contributed by atoms with E-state index in [0.29, 0.717) is 62.5 Å². The Kier molecular flexibility index (Phi) is 6.37. The number of rotatable bonds is 5. The third-order valence-electron chi connectivity index (χ3n) is 6.72. The number of aliphatic imine (C=N–C) groups is 1. The number of morpholine rings is 1. The maximum absolute atomic E-state index is 15.1. The zero-order valence-electron chi connectivity index (χ0n) is 19.9. The number of aromatic nitrogens is 1. The van der Waals surface area contributed by atoms with Gasteiger partial charge in [-0.2, -0.15) is 0 Å². The fourth-order valence-corrected chi connectivity index (χ4v) is 5.15. The normalized spacial score (nSPS) is 22.1. The first kappa shape index (κ1) is 23.6. The number of esters is 1. The van der Waals surface area contributed by atoms with Crippen LogP contribution in [0.15, 0.2) is 46.7 Å². The van der Waals surface area contributed by atoms with Crippen molar-refractivity contribution >= 4 is 11.8 Å². The van der Waals surface area contributed by atoms with Gasteiger partial charge in [-0.25, -0.2) is 23.6 Å². The molecule has 0 radical (unpaired) electrons. The monoisotopic (exact) mass is 482 g/mol. The van der Waals surface area contributed by atoms with Crippen LogP contribution in [0, 0.1) is 18.6 Å². The van der Waals surface area contributed by atoms with E-state index in [1.165, 1.54) is 18.2 Å². The number of halogens is 2. The Morgan fingerprint density at radius 1 is 1.26 bits per heavy atom. The average Bonchev–Trinajstić information content (AvgIpc) is 3.16. The van der Waals surface area contributed by atoms with Crippen LogP contribution in [0.4, 0.5) is 8.78 Å². The minimum Gasteiger partial charge on any atom is -0.463 e. The molecule has 2 aromatic rings. The smallest absolute Gasteiger partial charge is 0.338 e. The van der Waals surface area contributed by atoms with Gasteiger partial charge in [-0.15, -0.1) is 0 Å². The van der Waals surface area contributed by atoms with Crippen molar-refractivity contribution in [2.24, 2.45) is 4.99 Å². The van der Waals surface area contributed by atoms with Crippen molar-refractivity contribution in [3.63, 3.8) is 0 Å². The van der Waals surface area contributed by atoms with Gasteiger partial charge in [0.1, 0.15) is 17.1 Å². The molecule has 1 aromatic carbocycles. The second kappa shape index (κ2) is 9.47. The van der Waals surface area contributed by atoms with E-state index in [-0.39, 0.29) is 24.0 Å². The van der Waals surface area contributed by atoms with E-state index < -0.39 is 17.3 Å². The first-order valence-electron chi connectivity index (χ1n) is 11.9. The molecule has 1 aromatic heterocycles. The SMILES string of the molecule is CCOC(=O)C1=C(CN2CCOCC2)NC(c2ncc(C)cc2F)=NC12CCc1cc(F)ccc12. The van der Waals surface area contributed by atoms with Gasteiger partial charge in [-0.05, 0) is 61.6 Å². The fraction of sp³-hybridized carbons (Fsp3) is 0.423. The first-order chi connectivity index (χ1) is 16.9. The number of amidine groups is 1. The van der Waals surface area contributed by atoms with Gasteiger partial charge in [0.25, 0.3) is 0 Å². The topological polar surface area (TPSA) is 76.0 Å². The van der Waals surface area contributed by atoms with Crippen LogP contribution in [0.1, 0.15) is 35.7 Å². The summed E-state index contributed by atoms with van der Waals surface area (Å²) in [6.45, 7) is 6.68. The van der Waals surface area contributed by atoms with Crippen molar-refractivity contribution in [2.45, 2.75) is 32.2 Å². The molecular weight excluding hydrogens is 454 g/mol. The number of benzene rings is 1. The summed E-state index contributed by atoms with van der Waals surface area (Å²) >= 11 is 0. The summed E-state index contributed by atoms with van der Waals surface area (Å²) in [5, 5.41) is 3.23. The van der Waals surface area contributed by atoms with E-state index in [2.05, 4.69) is 15.2 Å². The van der Waals surface area contributed by atoms with Crippen molar-refractivity contribution in [3.8, 4) is 0 Å². The van der Waals surface area contributed by atoms with Crippen LogP contribution in [0.3, 0.4) is 0 Å². The average molecular weight is 483 g/mol. The quantitative estimate of drug-likeness (QED) is 0.661. The molecule has 9 heteroatoms. The third kappa shape index (κ3) is 4.34. The van der Waals surface area contributed by atoms with Crippen molar-refractivity contribution in [3.05, 3.63) is 75.8 Å². The second-order valence-corrected chi connectivity index (χ2v) is 9.05. The minimum atomic E-state index is -1.13. The molecule has 5 rings (SSSR count). The van der Waals surface area contributed by atoms with E-state index in [0.717, 1.165) is 11.1 Å². The van der Waals surface area contributed by atoms with Crippen LogP contribution in [0.25, 0.3) is 0 Å². The predicted octanol–water partition coefficient (Wildman–Crippen LogP) is 3.01. The molecule has 1 unspecified atom stereocenters. The Bertz CT molecular complexity index is 1220. The highest BCUT2D eigenvalue weighted by molar-refractivity contribution is 6.04. The number of aryl methyl sites for hydroxylation is 2. The summed E-state index contributed by atoms with van der Waals surface area (Å²) < 4.78 is 40.1. The lowest BCUT2D eigenvalue weighted by Crippen LogP contribution is -2.47. The van der Waals surface area contributed by atoms with E-state index in [1.54, 1.807) is 26.1 Å². The molecule has 0 bridgehead atoms. The predicted molar refractivity (Wildman–Crippen MR) is 126 cm³/mol. The lowest BCUT2D eigenvalue weighted by Gasteiger charge is -2.37. The zero-order valence-corrected chi connectivity index (χ0v) is 19.9. The number of fused-ring (bicyclic) bond motifs is 2. The van der Waals surface area contributed by atoms with E-state index in [1.807, 2.05) is 0 Å². The van der Waals surface area contributed by atoms with Gasteiger partial charge in [-0.3, -0.25) is 4.90 Å². The van der Waals surface area contributed by atoms with E-state index in [9.17, 15) is 9.18 Å². The molecule has 1 spiro atoms. The molecule has 184 valence electrons. The Labute approximate surface area is 202 Å². The highest BCUT2D eigenvalue weighted by Crippen LogP contribution is 2.48. The molecule has 1 aliphatic carbocycles. The highest BCUT2D eigenvalue weighted by Gasteiger charge is 2.50. The Balaban J connectivity index is 1.70. The highest BCUT2D eigenvalue weighted by atomic mass is 19.1. The van der Waals surface area contributed by atoms with Crippen LogP contribution < -0.4 is 5.32 Å². The lowest BCUT2D eigenvalue weighted by molar-refractivity contribution is -0.139. The van der Waals surface area contributed by atoms with Crippen LogP contribution in [0.5, 0.6) is 0 Å². The number of hydrogen-bond donors (Lipinski definition) is 1. The number of nitrogens with zero attached hydrogens (tertiary/aromatic N) is 3. The molecule has 2 aliphatic heterocycles. The molecule has 1 saturated heterocycles. The Hall–Kier alpha value is -3.17. The van der Waals surface area contributed by atoms with Gasteiger partial charge in [0, 0.05) is 31.5 Å². The molecule has 1 atom stereocenters. The summed E-state index contributed by atoms with van der Waals surface area (Å²) in [5.74, 6) is -1.09.